The van der Waals surface area contributed by atoms with Crippen molar-refractivity contribution in [2.24, 2.45) is 11.7 Å². The number of amides is 1. The number of nitrogens with two attached hydrogens (primary N) is 1. The van der Waals surface area contributed by atoms with Crippen molar-refractivity contribution >= 4 is 5.91 Å². The van der Waals surface area contributed by atoms with Gasteiger partial charge in [0.15, 0.2) is 0 Å². The Morgan fingerprint density at radius 2 is 0.562 bits per heavy atom. The minimum Gasteiger partial charge on any atom is -0.394 e. The summed E-state index contributed by atoms with van der Waals surface area (Å²) in [7, 11) is 0. The largest absolute Gasteiger partial charge is 0.394 e. The molecule has 31 nitrogen and oxygen atoms in total. The molecule has 73 heavy (non-hydrogen) atoms. The summed E-state index contributed by atoms with van der Waals surface area (Å²) in [5, 5.41) is 207. The second-order valence-electron chi connectivity index (χ2n) is 17.1. The molecular weight excluding hydrogens is 992 g/mol. The summed E-state index contributed by atoms with van der Waals surface area (Å²) < 4.78 is 32.4. The van der Waals surface area contributed by atoms with Crippen molar-refractivity contribution in [3.05, 3.63) is 0 Å². The lowest BCUT2D eigenvalue weighted by Gasteiger charge is -2.37. The fourth-order valence-electron chi connectivity index (χ4n) is 6.71. The number of carbonyl (C=O) groups is 1. The van der Waals surface area contributed by atoms with Crippen LogP contribution in [0.15, 0.2) is 0 Å². The van der Waals surface area contributed by atoms with Gasteiger partial charge in [-0.2, -0.15) is 0 Å². The van der Waals surface area contributed by atoms with E-state index < -0.39 is 175 Å². The van der Waals surface area contributed by atoms with Gasteiger partial charge in [-0.1, -0.05) is 0 Å². The Hall–Kier alpha value is -1.69. The molecule has 0 aromatic heterocycles. The number of rotatable bonds is 49. The molecule has 0 aliphatic heterocycles. The van der Waals surface area contributed by atoms with Crippen molar-refractivity contribution < 1.29 is 135 Å². The smallest absolute Gasteiger partial charge is 0.225 e. The highest BCUT2D eigenvalue weighted by molar-refractivity contribution is 5.79. The van der Waals surface area contributed by atoms with Gasteiger partial charge in [0, 0.05) is 52.4 Å². The highest BCUT2D eigenvalue weighted by Crippen LogP contribution is 2.17. The van der Waals surface area contributed by atoms with Crippen LogP contribution in [0.1, 0.15) is 0 Å². The van der Waals surface area contributed by atoms with Crippen LogP contribution in [0.3, 0.4) is 0 Å². The number of hydrogen-bond acceptors (Lipinski definition) is 30. The Bertz CT molecular complexity index is 1190. The van der Waals surface area contributed by atoms with E-state index in [1.807, 2.05) is 0 Å². The van der Waals surface area contributed by atoms with E-state index in [1.165, 1.54) is 0 Å². The number of aliphatic hydroxyl groups is 20. The van der Waals surface area contributed by atoms with Crippen molar-refractivity contribution in [2.75, 3.05) is 158 Å². The number of nitrogens with one attached hydrogen (secondary N) is 1. The molecule has 0 aromatic rings. The fourth-order valence-corrected chi connectivity index (χ4v) is 6.71. The van der Waals surface area contributed by atoms with Crippen LogP contribution in [-0.2, 0) is 33.2 Å². The lowest BCUT2D eigenvalue weighted by Crippen LogP contribution is -2.57. The maximum absolute atomic E-state index is 14.1. The van der Waals surface area contributed by atoms with E-state index in [-0.39, 0.29) is 39.6 Å². The van der Waals surface area contributed by atoms with E-state index in [1.54, 1.807) is 0 Å². The third kappa shape index (κ3) is 30.2. The summed E-state index contributed by atoms with van der Waals surface area (Å²) in [6.07, 6.45) is -33.9. The minimum absolute atomic E-state index is 0.0450. The van der Waals surface area contributed by atoms with E-state index in [2.05, 4.69) is 5.32 Å². The topological polar surface area (TPSA) is 522 Å². The third-order valence-electron chi connectivity index (χ3n) is 11.1. The molecule has 16 atom stereocenters. The monoisotopic (exact) mass is 1080 g/mol. The molecule has 23 N–H and O–H groups in total. The molecule has 0 spiro atoms. The van der Waals surface area contributed by atoms with Gasteiger partial charge in [-0.05, 0) is 0 Å². The standard InChI is InChI=1S/C42H88N4O27/c43-1-3-68-5-7-70-9-11-72-13-14-73-12-10-71-8-6-69-4-2-44-42(67)25(15-45(17-26(51)34(59)38(63)30(55)21-47)18-27(52)35(60)39(64)31(56)22-48)16-46(19-28(53)36(61)40(65)32(57)23-49)20-29(54)37(62)41(66)33(58)24-50/h25-41,47-66H,1-24,43H2,(H,44,67)/t26-,27-,28-,29-,30+,31+,32+,33+,34+,35+,36+,37+,38+,39+,40+,41+/m0/s1. The van der Waals surface area contributed by atoms with E-state index in [4.69, 9.17) is 34.2 Å². The molecule has 1 amide bonds. The van der Waals surface area contributed by atoms with Crippen molar-refractivity contribution in [1.29, 1.82) is 0 Å². The predicted molar refractivity (Wildman–Crippen MR) is 248 cm³/mol. The van der Waals surface area contributed by atoms with Gasteiger partial charge >= 0.3 is 0 Å². The summed E-state index contributed by atoms with van der Waals surface area (Å²) in [6, 6.07) is 0. The Morgan fingerprint density at radius 3 is 0.795 bits per heavy atom. The normalized spacial score (nSPS) is 19.1. The van der Waals surface area contributed by atoms with E-state index in [0.717, 1.165) is 9.80 Å². The molecule has 0 heterocycles. The molecule has 0 rings (SSSR count). The quantitative estimate of drug-likeness (QED) is 0.0252. The highest BCUT2D eigenvalue weighted by atomic mass is 16.6. The highest BCUT2D eigenvalue weighted by Gasteiger charge is 2.39. The number of nitrogens with zero attached hydrogens (tertiary/aromatic N) is 2. The zero-order valence-corrected chi connectivity index (χ0v) is 41.1. The van der Waals surface area contributed by atoms with Crippen molar-refractivity contribution in [2.45, 2.75) is 97.7 Å². The first-order valence-electron chi connectivity index (χ1n) is 23.8. The first kappa shape index (κ1) is 71.3. The lowest BCUT2D eigenvalue weighted by atomic mass is 9.98. The second-order valence-corrected chi connectivity index (χ2v) is 17.1. The van der Waals surface area contributed by atoms with Crippen LogP contribution in [0.2, 0.25) is 0 Å². The molecule has 0 aromatic carbocycles. The van der Waals surface area contributed by atoms with Crippen molar-refractivity contribution in [1.82, 2.24) is 15.1 Å². The van der Waals surface area contributed by atoms with Gasteiger partial charge in [0.05, 0.1) is 136 Å². The molecule has 438 valence electrons. The van der Waals surface area contributed by atoms with Gasteiger partial charge in [-0.3, -0.25) is 14.6 Å². The molecule has 0 saturated carbocycles. The number of aliphatic hydroxyl groups excluding tert-OH is 20. The van der Waals surface area contributed by atoms with E-state index in [0.29, 0.717) is 52.8 Å². The van der Waals surface area contributed by atoms with E-state index in [9.17, 15) is 107 Å². The number of carbonyl (C=O) groups excluding carboxylic acids is 1. The van der Waals surface area contributed by atoms with Crippen molar-refractivity contribution in [3.63, 3.8) is 0 Å². The van der Waals surface area contributed by atoms with Crippen LogP contribution in [0.4, 0.5) is 0 Å². The van der Waals surface area contributed by atoms with Crippen LogP contribution in [0, 0.1) is 5.92 Å². The van der Waals surface area contributed by atoms with Gasteiger partial charge in [0.2, 0.25) is 5.91 Å². The van der Waals surface area contributed by atoms with Crippen LogP contribution < -0.4 is 11.1 Å². The molecule has 0 bridgehead atoms. The summed E-state index contributed by atoms with van der Waals surface area (Å²) in [4.78, 5) is 16.0. The van der Waals surface area contributed by atoms with Gasteiger partial charge < -0.3 is 142 Å². The SMILES string of the molecule is NCCOCCOCCOCCOCCOCCOCCNC(=O)C(CN(C[C@H](O)[C@@H](O)[C@H](O)[C@H](O)CO)C[C@H](O)[C@@H](O)[C@H](O)[C@H](O)CO)CN(C[C@H](O)[C@@H](O)[C@H](O)[C@H](O)CO)C[C@H](O)[C@@H](O)[C@H](O)[C@H](O)CO. The molecular formula is C42H88N4O27. The zero-order chi connectivity index (χ0) is 55.5. The first-order valence-corrected chi connectivity index (χ1v) is 23.8. The molecule has 0 unspecified atom stereocenters. The Kier molecular flexibility index (Phi) is 41.4. The van der Waals surface area contributed by atoms with Crippen LogP contribution in [-0.4, -0.2) is 374 Å². The average molecular weight is 1080 g/mol. The van der Waals surface area contributed by atoms with Gasteiger partial charge in [0.1, 0.15) is 73.2 Å². The maximum Gasteiger partial charge on any atom is 0.225 e. The summed E-state index contributed by atoms with van der Waals surface area (Å²) in [5.41, 5.74) is 5.34. The number of ether oxygens (including phenoxy) is 6. The Balaban J connectivity index is 6.35. The van der Waals surface area contributed by atoms with Gasteiger partial charge in [-0.25, -0.2) is 0 Å². The molecule has 31 heteroatoms. The molecule has 0 aliphatic carbocycles. The lowest BCUT2D eigenvalue weighted by molar-refractivity contribution is -0.138. The second kappa shape index (κ2) is 42.3. The summed E-state index contributed by atoms with van der Waals surface area (Å²) in [6.45, 7) is -5.71. The predicted octanol–water partition coefficient (Wildman–Crippen LogP) is -13.9. The van der Waals surface area contributed by atoms with Crippen LogP contribution in [0.25, 0.3) is 0 Å². The molecule has 0 fully saturated rings. The maximum atomic E-state index is 14.1. The Labute approximate surface area is 423 Å². The molecule has 0 aliphatic rings. The average Bonchev–Trinajstić information content (AvgIpc) is 3.38. The fraction of sp³-hybridized carbons (Fsp3) is 0.976. The first-order chi connectivity index (χ1) is 34.6. The van der Waals surface area contributed by atoms with Crippen LogP contribution in [0.5, 0.6) is 0 Å². The summed E-state index contributed by atoms with van der Waals surface area (Å²) in [5.74, 6) is -2.47. The van der Waals surface area contributed by atoms with E-state index >= 15 is 0 Å². The third-order valence-corrected chi connectivity index (χ3v) is 11.1. The number of hydrogen-bond donors (Lipinski definition) is 22. The van der Waals surface area contributed by atoms with Gasteiger partial charge in [0.25, 0.3) is 0 Å². The molecule has 0 radical (unpaired) electrons. The molecule has 0 saturated heterocycles. The summed E-state index contributed by atoms with van der Waals surface area (Å²) >= 11 is 0. The minimum atomic E-state index is -2.23. The van der Waals surface area contributed by atoms with Crippen molar-refractivity contribution in [3.8, 4) is 0 Å². The van der Waals surface area contributed by atoms with Crippen LogP contribution >= 0.6 is 0 Å². The Morgan fingerprint density at radius 1 is 0.342 bits per heavy atom. The zero-order valence-electron chi connectivity index (χ0n) is 41.1. The van der Waals surface area contributed by atoms with Gasteiger partial charge in [-0.15, -0.1) is 0 Å².